The van der Waals surface area contributed by atoms with E-state index in [2.05, 4.69) is 15.2 Å². The van der Waals surface area contributed by atoms with Crippen molar-refractivity contribution in [2.75, 3.05) is 11.9 Å². The van der Waals surface area contributed by atoms with E-state index in [0.29, 0.717) is 11.3 Å². The second-order valence-electron chi connectivity index (χ2n) is 7.66. The molecule has 1 fully saturated rings. The highest BCUT2D eigenvalue weighted by Crippen LogP contribution is 2.30. The van der Waals surface area contributed by atoms with Crippen molar-refractivity contribution >= 4 is 11.6 Å². The van der Waals surface area contributed by atoms with E-state index in [1.54, 1.807) is 6.20 Å². The maximum Gasteiger partial charge on any atom is 0.259 e. The number of piperidine rings is 1. The SMILES string of the molecule is Cc1nc(C2CCCCN2Cc2ccc(F)cc2)ncc1C(=O)Nc1ccccc1. The minimum absolute atomic E-state index is 0.0914. The Morgan fingerprint density at radius 1 is 1.13 bits per heavy atom. The van der Waals surface area contributed by atoms with Gasteiger partial charge in [0, 0.05) is 18.4 Å². The number of hydrogen-bond acceptors (Lipinski definition) is 4. The Morgan fingerprint density at radius 2 is 1.90 bits per heavy atom. The molecular weight excluding hydrogens is 379 g/mol. The van der Waals surface area contributed by atoms with Gasteiger partial charge in [0.05, 0.1) is 17.3 Å². The molecule has 0 radical (unpaired) electrons. The average Bonchev–Trinajstić information content (AvgIpc) is 2.76. The smallest absolute Gasteiger partial charge is 0.259 e. The number of carbonyl (C=O) groups is 1. The molecule has 1 amide bonds. The lowest BCUT2D eigenvalue weighted by Crippen LogP contribution is -2.34. The van der Waals surface area contributed by atoms with Crippen LogP contribution in [0.3, 0.4) is 0 Å². The fourth-order valence-corrected chi connectivity index (χ4v) is 3.89. The molecule has 1 unspecified atom stereocenters. The van der Waals surface area contributed by atoms with E-state index in [9.17, 15) is 9.18 Å². The number of nitrogens with one attached hydrogen (secondary N) is 1. The molecule has 1 aliphatic heterocycles. The van der Waals surface area contributed by atoms with Crippen LogP contribution in [0.1, 0.15) is 52.7 Å². The highest BCUT2D eigenvalue weighted by molar-refractivity contribution is 6.04. The summed E-state index contributed by atoms with van der Waals surface area (Å²) in [5.41, 5.74) is 2.95. The standard InChI is InChI=1S/C24H25FN4O/c1-17-21(24(30)28-20-7-3-2-4-8-20)15-26-23(27-17)22-9-5-6-14-29(22)16-18-10-12-19(25)13-11-18/h2-4,7-8,10-13,15,22H,5-6,9,14,16H2,1H3,(H,28,30). The second-order valence-corrected chi connectivity index (χ2v) is 7.66. The zero-order valence-corrected chi connectivity index (χ0v) is 17.0. The molecule has 1 saturated heterocycles. The van der Waals surface area contributed by atoms with Gasteiger partial charge in [0.15, 0.2) is 0 Å². The van der Waals surface area contributed by atoms with Crippen LogP contribution in [0.25, 0.3) is 0 Å². The zero-order valence-electron chi connectivity index (χ0n) is 17.0. The molecule has 2 heterocycles. The van der Waals surface area contributed by atoms with E-state index in [-0.39, 0.29) is 17.8 Å². The van der Waals surface area contributed by atoms with Crippen LogP contribution in [0.15, 0.2) is 60.8 Å². The molecule has 0 bridgehead atoms. The number of para-hydroxylation sites is 1. The number of likely N-dealkylation sites (tertiary alicyclic amines) is 1. The predicted molar refractivity (Wildman–Crippen MR) is 115 cm³/mol. The number of carbonyl (C=O) groups excluding carboxylic acids is 1. The number of aryl methyl sites for hydroxylation is 1. The fraction of sp³-hybridized carbons (Fsp3) is 0.292. The van der Waals surface area contributed by atoms with Crippen LogP contribution < -0.4 is 5.32 Å². The van der Waals surface area contributed by atoms with Crippen molar-refractivity contribution < 1.29 is 9.18 Å². The first-order valence-corrected chi connectivity index (χ1v) is 10.3. The minimum Gasteiger partial charge on any atom is -0.322 e. The molecule has 3 aromatic rings. The zero-order chi connectivity index (χ0) is 20.9. The fourth-order valence-electron chi connectivity index (χ4n) is 3.89. The molecule has 0 saturated carbocycles. The number of benzene rings is 2. The molecule has 1 aromatic heterocycles. The molecule has 154 valence electrons. The van der Waals surface area contributed by atoms with E-state index >= 15 is 0 Å². The number of aromatic nitrogens is 2. The van der Waals surface area contributed by atoms with Crippen LogP contribution in [-0.2, 0) is 6.54 Å². The Labute approximate surface area is 176 Å². The number of amides is 1. The molecule has 1 atom stereocenters. The predicted octanol–water partition coefficient (Wildman–Crippen LogP) is 4.90. The van der Waals surface area contributed by atoms with Gasteiger partial charge in [-0.3, -0.25) is 9.69 Å². The van der Waals surface area contributed by atoms with Gasteiger partial charge in [0.1, 0.15) is 11.6 Å². The third-order valence-electron chi connectivity index (χ3n) is 5.48. The largest absolute Gasteiger partial charge is 0.322 e. The summed E-state index contributed by atoms with van der Waals surface area (Å²) < 4.78 is 13.2. The number of hydrogen-bond donors (Lipinski definition) is 1. The molecule has 5 nitrogen and oxygen atoms in total. The average molecular weight is 404 g/mol. The number of nitrogens with zero attached hydrogens (tertiary/aromatic N) is 3. The van der Waals surface area contributed by atoms with Crippen LogP contribution in [0, 0.1) is 12.7 Å². The number of rotatable bonds is 5. The lowest BCUT2D eigenvalue weighted by atomic mass is 10.00. The van der Waals surface area contributed by atoms with Crippen LogP contribution in [0.2, 0.25) is 0 Å². The van der Waals surface area contributed by atoms with E-state index in [1.807, 2.05) is 49.4 Å². The summed E-state index contributed by atoms with van der Waals surface area (Å²) in [6.07, 6.45) is 4.83. The van der Waals surface area contributed by atoms with E-state index in [4.69, 9.17) is 4.98 Å². The van der Waals surface area contributed by atoms with Crippen LogP contribution in [0.4, 0.5) is 10.1 Å². The van der Waals surface area contributed by atoms with Gasteiger partial charge in [0.25, 0.3) is 5.91 Å². The third kappa shape index (κ3) is 4.71. The Bertz CT molecular complexity index is 1010. The van der Waals surface area contributed by atoms with Gasteiger partial charge in [-0.2, -0.15) is 0 Å². The molecule has 2 aromatic carbocycles. The highest BCUT2D eigenvalue weighted by Gasteiger charge is 2.27. The summed E-state index contributed by atoms with van der Waals surface area (Å²) in [6.45, 7) is 3.52. The Balaban J connectivity index is 1.51. The van der Waals surface area contributed by atoms with Crippen LogP contribution in [-0.4, -0.2) is 27.3 Å². The Morgan fingerprint density at radius 3 is 2.63 bits per heavy atom. The molecule has 1 N–H and O–H groups in total. The van der Waals surface area contributed by atoms with Crippen molar-refractivity contribution in [3.8, 4) is 0 Å². The van der Waals surface area contributed by atoms with Crippen LogP contribution in [0.5, 0.6) is 0 Å². The number of anilines is 1. The van der Waals surface area contributed by atoms with Crippen molar-refractivity contribution in [3.63, 3.8) is 0 Å². The lowest BCUT2D eigenvalue weighted by Gasteiger charge is -2.34. The molecule has 0 aliphatic carbocycles. The molecule has 30 heavy (non-hydrogen) atoms. The highest BCUT2D eigenvalue weighted by atomic mass is 19.1. The van der Waals surface area contributed by atoms with Crippen LogP contribution >= 0.6 is 0 Å². The summed E-state index contributed by atoms with van der Waals surface area (Å²) in [4.78, 5) is 24.2. The first-order valence-electron chi connectivity index (χ1n) is 10.3. The molecule has 0 spiro atoms. The van der Waals surface area contributed by atoms with Gasteiger partial charge in [0.2, 0.25) is 0 Å². The maximum absolute atomic E-state index is 13.2. The summed E-state index contributed by atoms with van der Waals surface area (Å²) in [5, 5.41) is 2.88. The van der Waals surface area contributed by atoms with Gasteiger partial charge in [-0.05, 0) is 56.1 Å². The second kappa shape index (κ2) is 9.13. The summed E-state index contributed by atoms with van der Waals surface area (Å²) in [6, 6.07) is 16.1. The van der Waals surface area contributed by atoms with Gasteiger partial charge >= 0.3 is 0 Å². The normalized spacial score (nSPS) is 16.9. The van der Waals surface area contributed by atoms with Crippen molar-refractivity contribution in [2.45, 2.75) is 38.8 Å². The van der Waals surface area contributed by atoms with E-state index in [0.717, 1.165) is 49.4 Å². The third-order valence-corrected chi connectivity index (χ3v) is 5.48. The monoisotopic (exact) mass is 404 g/mol. The quantitative estimate of drug-likeness (QED) is 0.657. The van der Waals surface area contributed by atoms with E-state index in [1.165, 1.54) is 12.1 Å². The van der Waals surface area contributed by atoms with E-state index < -0.39 is 0 Å². The minimum atomic E-state index is -0.225. The molecular formula is C24H25FN4O. The summed E-state index contributed by atoms with van der Waals surface area (Å²) in [7, 11) is 0. The first-order chi connectivity index (χ1) is 14.6. The van der Waals surface area contributed by atoms with Crippen molar-refractivity contribution in [2.24, 2.45) is 0 Å². The molecule has 1 aliphatic rings. The summed E-state index contributed by atoms with van der Waals surface area (Å²) in [5.74, 6) is 0.305. The first kappa shape index (κ1) is 20.2. The molecule has 4 rings (SSSR count). The van der Waals surface area contributed by atoms with Crippen molar-refractivity contribution in [1.29, 1.82) is 0 Å². The maximum atomic E-state index is 13.2. The summed E-state index contributed by atoms with van der Waals surface area (Å²) >= 11 is 0. The van der Waals surface area contributed by atoms with Gasteiger partial charge in [-0.15, -0.1) is 0 Å². The topological polar surface area (TPSA) is 58.1 Å². The van der Waals surface area contributed by atoms with Crippen molar-refractivity contribution in [1.82, 2.24) is 14.9 Å². The van der Waals surface area contributed by atoms with Gasteiger partial charge in [-0.1, -0.05) is 36.8 Å². The molecule has 6 heteroatoms. The Hall–Kier alpha value is -3.12. The van der Waals surface area contributed by atoms with Gasteiger partial charge in [-0.25, -0.2) is 14.4 Å². The number of halogens is 1. The van der Waals surface area contributed by atoms with Crippen molar-refractivity contribution in [3.05, 3.63) is 89.3 Å². The Kier molecular flexibility index (Phi) is 6.14. The lowest BCUT2D eigenvalue weighted by molar-refractivity contribution is 0.102. The van der Waals surface area contributed by atoms with Gasteiger partial charge < -0.3 is 5.32 Å².